The summed E-state index contributed by atoms with van der Waals surface area (Å²) in [4.78, 5) is 47.5. The topological polar surface area (TPSA) is 106 Å². The van der Waals surface area contributed by atoms with E-state index in [-0.39, 0.29) is 12.6 Å². The SMILES string of the molecule is Cc1c(-c2ncco2)sc2c1c(=O)n(C(C)(C)C(=O)OC(C)(C)C)c(=O)n2C[C@H](OC1CCCCC1)c1ccccc1. The van der Waals surface area contributed by atoms with E-state index in [1.807, 2.05) is 37.3 Å². The van der Waals surface area contributed by atoms with E-state index in [9.17, 15) is 14.4 Å². The second kappa shape index (κ2) is 11.6. The quantitative estimate of drug-likeness (QED) is 0.219. The minimum Gasteiger partial charge on any atom is -0.458 e. The number of thiophene rings is 1. The van der Waals surface area contributed by atoms with Gasteiger partial charge in [0.15, 0.2) is 0 Å². The summed E-state index contributed by atoms with van der Waals surface area (Å²) in [5.41, 5.74) is -1.97. The van der Waals surface area contributed by atoms with Gasteiger partial charge in [-0.2, -0.15) is 0 Å². The molecule has 0 spiro atoms. The van der Waals surface area contributed by atoms with Crippen LogP contribution < -0.4 is 11.2 Å². The van der Waals surface area contributed by atoms with Gasteiger partial charge < -0.3 is 13.9 Å². The molecule has 10 heteroatoms. The minimum absolute atomic E-state index is 0.0761. The highest BCUT2D eigenvalue weighted by molar-refractivity contribution is 7.22. The summed E-state index contributed by atoms with van der Waals surface area (Å²) >= 11 is 1.28. The summed E-state index contributed by atoms with van der Waals surface area (Å²) < 4.78 is 20.6. The smallest absolute Gasteiger partial charge is 0.333 e. The second-order valence-electron chi connectivity index (χ2n) is 12.5. The zero-order valence-corrected chi connectivity index (χ0v) is 26.0. The van der Waals surface area contributed by atoms with Crippen molar-refractivity contribution < 1.29 is 18.7 Å². The first-order valence-electron chi connectivity index (χ1n) is 14.5. The Balaban J connectivity index is 1.73. The number of carbonyl (C=O) groups is 1. The van der Waals surface area contributed by atoms with Crippen LogP contribution in [0.3, 0.4) is 0 Å². The van der Waals surface area contributed by atoms with E-state index in [2.05, 4.69) is 4.98 Å². The van der Waals surface area contributed by atoms with Crippen LogP contribution in [-0.2, 0) is 26.4 Å². The number of hydrogen-bond donors (Lipinski definition) is 0. The van der Waals surface area contributed by atoms with Crippen molar-refractivity contribution in [1.29, 1.82) is 0 Å². The van der Waals surface area contributed by atoms with Crippen LogP contribution in [0.5, 0.6) is 0 Å². The maximum atomic E-state index is 14.4. The Hall–Kier alpha value is -3.50. The van der Waals surface area contributed by atoms with Crippen molar-refractivity contribution in [3.63, 3.8) is 0 Å². The van der Waals surface area contributed by atoms with E-state index in [4.69, 9.17) is 13.9 Å². The zero-order chi connectivity index (χ0) is 30.2. The Kier molecular flexibility index (Phi) is 8.31. The highest BCUT2D eigenvalue weighted by Gasteiger charge is 2.39. The number of hydrogen-bond acceptors (Lipinski definition) is 8. The molecule has 0 unspecified atom stereocenters. The number of carbonyl (C=O) groups excluding carboxylic acids is 1. The lowest BCUT2D eigenvalue weighted by atomic mass is 9.97. The molecule has 1 fully saturated rings. The standard InChI is InChI=1S/C32H39N3O6S/c1-20-24-27(36)35(32(5,6)29(37)41-31(2,3)4)30(38)34(28(24)42-25(20)26-33-17-18-39-26)19-23(21-13-9-7-10-14-21)40-22-15-11-8-12-16-22/h7,9-10,13-14,17-18,22-23H,8,11-12,15-16,19H2,1-6H3/t23-/m0/s1. The summed E-state index contributed by atoms with van der Waals surface area (Å²) in [5, 5.41) is 0.342. The lowest BCUT2D eigenvalue weighted by Gasteiger charge is -2.31. The summed E-state index contributed by atoms with van der Waals surface area (Å²) in [6.45, 7) is 10.3. The molecule has 0 radical (unpaired) electrons. The van der Waals surface area contributed by atoms with Crippen LogP contribution in [0.4, 0.5) is 0 Å². The third-order valence-electron chi connectivity index (χ3n) is 7.73. The van der Waals surface area contributed by atoms with Crippen LogP contribution in [0, 0.1) is 6.92 Å². The van der Waals surface area contributed by atoms with E-state index >= 15 is 0 Å². The molecule has 0 aliphatic heterocycles. The molecule has 3 heterocycles. The summed E-state index contributed by atoms with van der Waals surface area (Å²) in [7, 11) is 0. The highest BCUT2D eigenvalue weighted by atomic mass is 32.1. The number of nitrogens with zero attached hydrogens (tertiary/aromatic N) is 3. The molecular formula is C32H39N3O6S. The van der Waals surface area contributed by atoms with Gasteiger partial charge in [0.1, 0.15) is 28.3 Å². The van der Waals surface area contributed by atoms with E-state index < -0.39 is 34.5 Å². The maximum absolute atomic E-state index is 14.4. The fourth-order valence-corrected chi connectivity index (χ4v) is 6.77. The third-order valence-corrected chi connectivity index (χ3v) is 9.03. The molecular weight excluding hydrogens is 554 g/mol. The van der Waals surface area contributed by atoms with E-state index in [1.165, 1.54) is 24.0 Å². The lowest BCUT2D eigenvalue weighted by molar-refractivity contribution is -0.164. The van der Waals surface area contributed by atoms with Crippen LogP contribution in [0.25, 0.3) is 21.0 Å². The molecule has 1 saturated carbocycles. The van der Waals surface area contributed by atoms with Crippen molar-refractivity contribution in [2.75, 3.05) is 0 Å². The predicted molar refractivity (Wildman–Crippen MR) is 163 cm³/mol. The minimum atomic E-state index is -1.58. The first-order chi connectivity index (χ1) is 19.9. The molecule has 1 aromatic carbocycles. The van der Waals surface area contributed by atoms with Crippen molar-refractivity contribution in [2.24, 2.45) is 0 Å². The van der Waals surface area contributed by atoms with Gasteiger partial charge in [-0.25, -0.2) is 19.1 Å². The molecule has 1 atom stereocenters. The van der Waals surface area contributed by atoms with Gasteiger partial charge in [-0.15, -0.1) is 11.3 Å². The van der Waals surface area contributed by atoms with Crippen LogP contribution in [0.15, 0.2) is 56.8 Å². The molecule has 224 valence electrons. The molecule has 5 rings (SSSR count). The van der Waals surface area contributed by atoms with Crippen molar-refractivity contribution >= 4 is 27.5 Å². The molecule has 0 saturated heterocycles. The first kappa shape index (κ1) is 30.0. The Morgan fingerprint density at radius 3 is 2.40 bits per heavy atom. The maximum Gasteiger partial charge on any atom is 0.333 e. The molecule has 0 bridgehead atoms. The third kappa shape index (κ3) is 5.87. The van der Waals surface area contributed by atoms with Crippen molar-refractivity contribution in [3.8, 4) is 10.8 Å². The number of aryl methyl sites for hydroxylation is 1. The van der Waals surface area contributed by atoms with Gasteiger partial charge >= 0.3 is 11.7 Å². The Morgan fingerprint density at radius 1 is 1.10 bits per heavy atom. The molecule has 3 aromatic heterocycles. The number of fused-ring (bicyclic) bond motifs is 1. The van der Waals surface area contributed by atoms with Crippen molar-refractivity contribution in [1.82, 2.24) is 14.1 Å². The van der Waals surface area contributed by atoms with E-state index in [0.717, 1.165) is 35.8 Å². The average molecular weight is 594 g/mol. The van der Waals surface area contributed by atoms with Gasteiger partial charge in [0.05, 0.1) is 29.1 Å². The molecule has 42 heavy (non-hydrogen) atoms. The average Bonchev–Trinajstić information content (AvgIpc) is 3.58. The first-order valence-corrected chi connectivity index (χ1v) is 15.3. The van der Waals surface area contributed by atoms with Crippen LogP contribution >= 0.6 is 11.3 Å². The number of benzene rings is 1. The summed E-state index contributed by atoms with van der Waals surface area (Å²) in [6.07, 6.45) is 7.98. The number of rotatable bonds is 8. The molecule has 0 N–H and O–H groups in total. The molecule has 4 aromatic rings. The van der Waals surface area contributed by atoms with Gasteiger partial charge in [0, 0.05) is 0 Å². The fraction of sp³-hybridized carbons (Fsp3) is 0.500. The summed E-state index contributed by atoms with van der Waals surface area (Å²) in [5.74, 6) is -0.304. The molecule has 9 nitrogen and oxygen atoms in total. The Morgan fingerprint density at radius 2 is 1.79 bits per heavy atom. The van der Waals surface area contributed by atoms with Crippen LogP contribution in [0.2, 0.25) is 0 Å². The normalized spacial score (nSPS) is 15.7. The molecule has 1 aliphatic carbocycles. The fourth-order valence-electron chi connectivity index (χ4n) is 5.53. The number of ether oxygens (including phenoxy) is 2. The largest absolute Gasteiger partial charge is 0.458 e. The van der Waals surface area contributed by atoms with E-state index in [1.54, 1.807) is 45.4 Å². The van der Waals surface area contributed by atoms with Gasteiger partial charge in [0.2, 0.25) is 5.89 Å². The number of esters is 1. The Labute approximate surface area is 249 Å². The lowest BCUT2D eigenvalue weighted by Crippen LogP contribution is -2.54. The van der Waals surface area contributed by atoms with Crippen molar-refractivity contribution in [2.45, 2.75) is 104 Å². The second-order valence-corrected chi connectivity index (χ2v) is 13.5. The highest BCUT2D eigenvalue weighted by Crippen LogP contribution is 2.37. The van der Waals surface area contributed by atoms with Crippen molar-refractivity contribution in [3.05, 3.63) is 74.8 Å². The monoisotopic (exact) mass is 593 g/mol. The number of aromatic nitrogens is 3. The Bertz CT molecular complexity index is 1670. The summed E-state index contributed by atoms with van der Waals surface area (Å²) in [6, 6.07) is 9.84. The molecule has 0 amide bonds. The van der Waals surface area contributed by atoms with Gasteiger partial charge in [-0.05, 0) is 65.5 Å². The van der Waals surface area contributed by atoms with Gasteiger partial charge in [-0.1, -0.05) is 49.6 Å². The zero-order valence-electron chi connectivity index (χ0n) is 25.1. The van der Waals surface area contributed by atoms with Gasteiger partial charge in [-0.3, -0.25) is 9.36 Å². The van der Waals surface area contributed by atoms with Crippen LogP contribution in [-0.4, -0.2) is 31.8 Å². The van der Waals surface area contributed by atoms with Gasteiger partial charge in [0.25, 0.3) is 5.56 Å². The van der Waals surface area contributed by atoms with Crippen LogP contribution in [0.1, 0.15) is 84.0 Å². The molecule has 1 aliphatic rings. The predicted octanol–water partition coefficient (Wildman–Crippen LogP) is 6.36. The van der Waals surface area contributed by atoms with E-state index in [0.29, 0.717) is 26.5 Å². The number of oxazole rings is 1.